The summed E-state index contributed by atoms with van der Waals surface area (Å²) in [7, 11) is -3.02. The van der Waals surface area contributed by atoms with E-state index in [0.29, 0.717) is 18.6 Å². The van der Waals surface area contributed by atoms with Crippen LogP contribution in [0.4, 0.5) is 0 Å². The van der Waals surface area contributed by atoms with E-state index in [1.54, 1.807) is 0 Å². The summed E-state index contributed by atoms with van der Waals surface area (Å²) in [5.74, 6) is 0.290. The Balaban J connectivity index is 1.81. The van der Waals surface area contributed by atoms with Gasteiger partial charge in [0.2, 0.25) is 0 Å². The minimum atomic E-state index is -3.02. The van der Waals surface area contributed by atoms with E-state index in [-0.39, 0.29) is 10.6 Å². The first-order chi connectivity index (χ1) is 10.1. The number of fused-ring (bicyclic) bond motifs is 1. The van der Waals surface area contributed by atoms with Gasteiger partial charge < -0.3 is 0 Å². The Kier molecular flexibility index (Phi) is 4.23. The minimum Gasteiger partial charge on any atom is -0.228 e. The van der Waals surface area contributed by atoms with Gasteiger partial charge in [0.25, 0.3) is 0 Å². The van der Waals surface area contributed by atoms with Crippen molar-refractivity contribution in [2.24, 2.45) is 0 Å². The van der Waals surface area contributed by atoms with Crippen LogP contribution in [-0.4, -0.2) is 24.8 Å². The van der Waals surface area contributed by atoms with Crippen molar-refractivity contribution in [3.05, 3.63) is 48.0 Å². The lowest BCUT2D eigenvalue weighted by Gasteiger charge is -2.26. The second kappa shape index (κ2) is 5.98. The molecule has 2 aromatic rings. The quantitative estimate of drug-likeness (QED) is 0.802. The summed E-state index contributed by atoms with van der Waals surface area (Å²) < 4.78 is 24.3. The van der Waals surface area contributed by atoms with Crippen molar-refractivity contribution in [1.82, 2.24) is 0 Å². The van der Waals surface area contributed by atoms with Crippen molar-refractivity contribution in [3.63, 3.8) is 0 Å². The summed E-state index contributed by atoms with van der Waals surface area (Å²) in [5.41, 5.74) is 1.11. The zero-order valence-corrected chi connectivity index (χ0v) is 13.4. The van der Waals surface area contributed by atoms with E-state index < -0.39 is 9.84 Å². The average molecular weight is 323 g/mol. The fourth-order valence-electron chi connectivity index (χ4n) is 3.11. The maximum absolute atomic E-state index is 12.1. The molecular weight excluding hydrogens is 304 g/mol. The van der Waals surface area contributed by atoms with E-state index in [2.05, 4.69) is 24.3 Å². The molecule has 0 bridgehead atoms. The summed E-state index contributed by atoms with van der Waals surface area (Å²) in [6, 6.07) is 14.4. The Bertz CT molecular complexity index is 739. The van der Waals surface area contributed by atoms with Crippen LogP contribution in [0.5, 0.6) is 0 Å². The Morgan fingerprint density at radius 2 is 1.86 bits per heavy atom. The molecule has 3 rings (SSSR count). The highest BCUT2D eigenvalue weighted by Gasteiger charge is 2.34. The van der Waals surface area contributed by atoms with E-state index in [4.69, 9.17) is 11.6 Å². The van der Waals surface area contributed by atoms with E-state index in [1.807, 2.05) is 18.2 Å². The molecule has 0 N–H and O–H groups in total. The largest absolute Gasteiger partial charge is 0.228 e. The lowest BCUT2D eigenvalue weighted by Crippen LogP contribution is -2.36. The number of halogens is 1. The molecule has 0 spiro atoms. The van der Waals surface area contributed by atoms with Gasteiger partial charge in [0, 0.05) is 0 Å². The molecule has 1 fully saturated rings. The van der Waals surface area contributed by atoms with Gasteiger partial charge in [0.1, 0.15) is 0 Å². The van der Waals surface area contributed by atoms with E-state index in [9.17, 15) is 8.42 Å². The number of benzene rings is 2. The topological polar surface area (TPSA) is 34.1 Å². The first kappa shape index (κ1) is 14.9. The first-order valence-electron chi connectivity index (χ1n) is 7.39. The van der Waals surface area contributed by atoms with Gasteiger partial charge in [-0.3, -0.25) is 0 Å². The summed E-state index contributed by atoms with van der Waals surface area (Å²) >= 11 is 6.45. The first-order valence-corrected chi connectivity index (χ1v) is 9.55. The number of hydrogen-bond donors (Lipinski definition) is 0. The summed E-state index contributed by atoms with van der Waals surface area (Å²) in [6.07, 6.45) is 3.05. The van der Waals surface area contributed by atoms with Crippen LogP contribution >= 0.6 is 11.6 Å². The summed E-state index contributed by atoms with van der Waals surface area (Å²) in [5, 5.41) is 1.64. The van der Waals surface area contributed by atoms with Crippen LogP contribution < -0.4 is 0 Å². The molecule has 0 aromatic heterocycles. The zero-order valence-electron chi connectivity index (χ0n) is 11.8. The molecule has 1 aliphatic rings. The van der Waals surface area contributed by atoms with E-state index in [0.717, 1.165) is 18.4 Å². The molecule has 21 heavy (non-hydrogen) atoms. The minimum absolute atomic E-state index is 0.290. The predicted molar refractivity (Wildman–Crippen MR) is 88.7 cm³/mol. The summed E-state index contributed by atoms with van der Waals surface area (Å²) in [6.45, 7) is 0. The zero-order chi connectivity index (χ0) is 14.9. The molecule has 1 heterocycles. The molecule has 2 unspecified atom stereocenters. The molecule has 4 heteroatoms. The molecule has 1 aliphatic heterocycles. The molecule has 2 atom stereocenters. The van der Waals surface area contributed by atoms with Gasteiger partial charge in [-0.15, -0.1) is 11.6 Å². The number of rotatable bonds is 3. The van der Waals surface area contributed by atoms with Crippen LogP contribution in [0, 0.1) is 0 Å². The number of sulfone groups is 1. The van der Waals surface area contributed by atoms with Crippen LogP contribution in [0.1, 0.15) is 24.8 Å². The average Bonchev–Trinajstić information content (AvgIpc) is 2.46. The number of alkyl halides is 1. The van der Waals surface area contributed by atoms with Crippen LogP contribution in [-0.2, 0) is 16.3 Å². The Morgan fingerprint density at radius 1 is 1.10 bits per heavy atom. The molecule has 1 saturated heterocycles. The molecular formula is C17H19ClO2S. The molecule has 0 saturated carbocycles. The van der Waals surface area contributed by atoms with Gasteiger partial charge in [-0.1, -0.05) is 48.9 Å². The Morgan fingerprint density at radius 3 is 2.62 bits per heavy atom. The second-order valence-corrected chi connectivity index (χ2v) is 8.70. The highest BCUT2D eigenvalue weighted by molar-refractivity contribution is 7.92. The van der Waals surface area contributed by atoms with Crippen molar-refractivity contribution in [3.8, 4) is 0 Å². The normalized spacial score (nSPS) is 23.0. The fraction of sp³-hybridized carbons (Fsp3) is 0.412. The lowest BCUT2D eigenvalue weighted by atomic mass is 10.0. The third-order valence-electron chi connectivity index (χ3n) is 4.28. The maximum atomic E-state index is 12.1. The highest BCUT2D eigenvalue weighted by Crippen LogP contribution is 2.28. The van der Waals surface area contributed by atoms with Crippen LogP contribution in [0.2, 0.25) is 0 Å². The van der Waals surface area contributed by atoms with Gasteiger partial charge in [-0.05, 0) is 35.6 Å². The Hall–Kier alpha value is -1.06. The van der Waals surface area contributed by atoms with E-state index in [1.165, 1.54) is 10.8 Å². The Labute approximate surface area is 131 Å². The van der Waals surface area contributed by atoms with E-state index >= 15 is 0 Å². The van der Waals surface area contributed by atoms with Gasteiger partial charge in [0.15, 0.2) is 9.84 Å². The number of hydrogen-bond acceptors (Lipinski definition) is 2. The smallest absolute Gasteiger partial charge is 0.154 e. The third kappa shape index (κ3) is 3.24. The fourth-order valence-corrected chi connectivity index (χ4v) is 5.86. The molecule has 0 radical (unpaired) electrons. The second-order valence-electron chi connectivity index (χ2n) is 5.80. The molecule has 2 aromatic carbocycles. The third-order valence-corrected chi connectivity index (χ3v) is 7.23. The van der Waals surface area contributed by atoms with Gasteiger partial charge in [-0.2, -0.15) is 0 Å². The van der Waals surface area contributed by atoms with Crippen molar-refractivity contribution < 1.29 is 8.42 Å². The van der Waals surface area contributed by atoms with Gasteiger partial charge in [0.05, 0.1) is 16.4 Å². The highest BCUT2D eigenvalue weighted by atomic mass is 35.5. The van der Waals surface area contributed by atoms with Crippen LogP contribution in [0.25, 0.3) is 10.8 Å². The summed E-state index contributed by atoms with van der Waals surface area (Å²) in [4.78, 5) is 0. The van der Waals surface area contributed by atoms with Crippen molar-refractivity contribution >= 4 is 32.2 Å². The molecule has 112 valence electrons. The SMILES string of the molecule is O=S1(=O)CCCCC1C(Cl)Cc1ccc2ccccc2c1. The molecule has 2 nitrogen and oxygen atoms in total. The monoisotopic (exact) mass is 322 g/mol. The standard InChI is InChI=1S/C17H19ClO2S/c18-16(17-7-3-4-10-21(17,19)20)12-13-8-9-14-5-1-2-6-15(14)11-13/h1-2,5-6,8-9,11,16-17H,3-4,7,10,12H2. The molecule has 0 aliphatic carbocycles. The molecule has 0 amide bonds. The predicted octanol–water partition coefficient (Wildman–Crippen LogP) is 3.96. The van der Waals surface area contributed by atoms with Gasteiger partial charge in [-0.25, -0.2) is 8.42 Å². The van der Waals surface area contributed by atoms with Crippen molar-refractivity contribution in [2.45, 2.75) is 36.3 Å². The van der Waals surface area contributed by atoms with Crippen molar-refractivity contribution in [2.75, 3.05) is 5.75 Å². The van der Waals surface area contributed by atoms with Crippen LogP contribution in [0.15, 0.2) is 42.5 Å². The van der Waals surface area contributed by atoms with Gasteiger partial charge >= 0.3 is 0 Å². The van der Waals surface area contributed by atoms with Crippen LogP contribution in [0.3, 0.4) is 0 Å². The van der Waals surface area contributed by atoms with Crippen molar-refractivity contribution in [1.29, 1.82) is 0 Å². The lowest BCUT2D eigenvalue weighted by molar-refractivity contribution is 0.529. The maximum Gasteiger partial charge on any atom is 0.154 e.